The van der Waals surface area contributed by atoms with Crippen molar-refractivity contribution in [3.63, 3.8) is 0 Å². The van der Waals surface area contributed by atoms with E-state index in [0.717, 1.165) is 42.7 Å². The number of hydrogen-bond acceptors (Lipinski definition) is 6. The van der Waals surface area contributed by atoms with E-state index in [2.05, 4.69) is 34.0 Å². The van der Waals surface area contributed by atoms with Gasteiger partial charge in [-0.15, -0.1) is 11.3 Å². The number of nitrogens with one attached hydrogen (secondary N) is 1. The summed E-state index contributed by atoms with van der Waals surface area (Å²) in [6.07, 6.45) is 2.07. The molecule has 1 fully saturated rings. The van der Waals surface area contributed by atoms with Crippen molar-refractivity contribution < 1.29 is 9.53 Å². The quantitative estimate of drug-likeness (QED) is 0.901. The Morgan fingerprint density at radius 2 is 2.17 bits per heavy atom. The zero-order valence-electron chi connectivity index (χ0n) is 14.0. The van der Waals surface area contributed by atoms with Gasteiger partial charge in [-0.25, -0.2) is 9.97 Å². The topological polar surface area (TPSA) is 67.4 Å². The molecule has 1 aliphatic heterocycles. The van der Waals surface area contributed by atoms with Crippen molar-refractivity contribution in [1.29, 1.82) is 0 Å². The van der Waals surface area contributed by atoms with Crippen LogP contribution < -0.4 is 10.2 Å². The van der Waals surface area contributed by atoms with Gasteiger partial charge in [-0.1, -0.05) is 13.8 Å². The summed E-state index contributed by atoms with van der Waals surface area (Å²) in [7, 11) is 0. The van der Waals surface area contributed by atoms with E-state index in [1.54, 1.807) is 17.5 Å². The van der Waals surface area contributed by atoms with Crippen molar-refractivity contribution in [3.05, 3.63) is 34.4 Å². The van der Waals surface area contributed by atoms with Crippen LogP contribution >= 0.6 is 11.3 Å². The van der Waals surface area contributed by atoms with E-state index in [1.807, 2.05) is 17.5 Å². The van der Waals surface area contributed by atoms with Crippen LogP contribution in [0, 0.1) is 0 Å². The maximum Gasteiger partial charge on any atom is 0.231 e. The lowest BCUT2D eigenvalue weighted by Crippen LogP contribution is -2.36. The fourth-order valence-corrected chi connectivity index (χ4v) is 3.32. The Balaban J connectivity index is 1.55. The monoisotopic (exact) mass is 346 g/mol. The lowest BCUT2D eigenvalue weighted by molar-refractivity contribution is -0.115. The van der Waals surface area contributed by atoms with E-state index < -0.39 is 0 Å². The smallest absolute Gasteiger partial charge is 0.231 e. The third-order valence-electron chi connectivity index (χ3n) is 3.80. The molecule has 2 aromatic heterocycles. The highest BCUT2D eigenvalue weighted by Gasteiger charge is 2.13. The summed E-state index contributed by atoms with van der Waals surface area (Å²) >= 11 is 1.60. The molecular formula is C17H22N4O2S. The van der Waals surface area contributed by atoms with Crippen LogP contribution in [0.4, 0.5) is 11.5 Å². The van der Waals surface area contributed by atoms with Crippen LogP contribution in [0.25, 0.3) is 0 Å². The number of thiazole rings is 1. The molecule has 2 aromatic rings. The van der Waals surface area contributed by atoms with E-state index in [1.165, 1.54) is 0 Å². The Hall–Kier alpha value is -1.99. The third-order valence-corrected chi connectivity index (χ3v) is 4.99. The largest absolute Gasteiger partial charge is 0.378 e. The third kappa shape index (κ3) is 4.30. The minimum atomic E-state index is -0.0952. The van der Waals surface area contributed by atoms with Crippen LogP contribution in [0.5, 0.6) is 0 Å². The summed E-state index contributed by atoms with van der Waals surface area (Å²) in [6, 6.07) is 3.82. The van der Waals surface area contributed by atoms with Crippen LogP contribution in [0.1, 0.15) is 30.5 Å². The van der Waals surface area contributed by atoms with Gasteiger partial charge in [0.15, 0.2) is 0 Å². The molecule has 6 nitrogen and oxygen atoms in total. The van der Waals surface area contributed by atoms with Gasteiger partial charge in [-0.05, 0) is 12.1 Å². The lowest BCUT2D eigenvalue weighted by Gasteiger charge is -2.28. The molecule has 1 amide bonds. The van der Waals surface area contributed by atoms with Gasteiger partial charge in [-0.2, -0.15) is 0 Å². The SMILES string of the molecule is CC(C)c1nc(CC(=O)Nc2ccc(N3CCOCC3)cn2)cs1. The van der Waals surface area contributed by atoms with Crippen molar-refractivity contribution in [1.82, 2.24) is 9.97 Å². The van der Waals surface area contributed by atoms with E-state index >= 15 is 0 Å². The highest BCUT2D eigenvalue weighted by molar-refractivity contribution is 7.09. The minimum absolute atomic E-state index is 0.0952. The molecule has 0 radical (unpaired) electrons. The van der Waals surface area contributed by atoms with Crippen molar-refractivity contribution in [3.8, 4) is 0 Å². The zero-order valence-corrected chi connectivity index (χ0v) is 14.8. The van der Waals surface area contributed by atoms with Crippen molar-refractivity contribution in [2.45, 2.75) is 26.2 Å². The fourth-order valence-electron chi connectivity index (χ4n) is 2.49. The minimum Gasteiger partial charge on any atom is -0.378 e. The summed E-state index contributed by atoms with van der Waals surface area (Å²) in [4.78, 5) is 23.2. The van der Waals surface area contributed by atoms with Crippen LogP contribution in [0.15, 0.2) is 23.7 Å². The maximum absolute atomic E-state index is 12.1. The molecular weight excluding hydrogens is 324 g/mol. The van der Waals surface area contributed by atoms with Gasteiger partial charge >= 0.3 is 0 Å². The Bertz CT molecular complexity index is 678. The normalized spacial score (nSPS) is 14.9. The van der Waals surface area contributed by atoms with Crippen LogP contribution in [-0.4, -0.2) is 42.2 Å². The molecule has 0 aliphatic carbocycles. The first-order chi connectivity index (χ1) is 11.6. The Morgan fingerprint density at radius 3 is 2.79 bits per heavy atom. The van der Waals surface area contributed by atoms with Gasteiger partial charge in [0.2, 0.25) is 5.91 Å². The van der Waals surface area contributed by atoms with Gasteiger partial charge in [0.1, 0.15) is 5.82 Å². The molecule has 24 heavy (non-hydrogen) atoms. The van der Waals surface area contributed by atoms with Crippen LogP contribution in [0.3, 0.4) is 0 Å². The summed E-state index contributed by atoms with van der Waals surface area (Å²) in [5.41, 5.74) is 1.86. The van der Waals surface area contributed by atoms with Gasteiger partial charge in [0.05, 0.1) is 42.2 Å². The van der Waals surface area contributed by atoms with Crippen molar-refractivity contribution in [2.24, 2.45) is 0 Å². The molecule has 3 rings (SSSR count). The summed E-state index contributed by atoms with van der Waals surface area (Å²) in [5, 5.41) is 5.84. The van der Waals surface area contributed by atoms with Gasteiger partial charge in [0.25, 0.3) is 0 Å². The number of amides is 1. The first-order valence-electron chi connectivity index (χ1n) is 8.14. The predicted molar refractivity (Wildman–Crippen MR) is 95.8 cm³/mol. The Kier molecular flexibility index (Phi) is 5.42. The van der Waals surface area contributed by atoms with Crippen molar-refractivity contribution in [2.75, 3.05) is 36.5 Å². The molecule has 0 unspecified atom stereocenters. The molecule has 0 bridgehead atoms. The first kappa shape index (κ1) is 16.9. The fraction of sp³-hybridized carbons (Fsp3) is 0.471. The standard InChI is InChI=1S/C17H22N4O2S/c1-12(2)17-19-13(11-24-17)9-16(22)20-15-4-3-14(10-18-15)21-5-7-23-8-6-21/h3-4,10-12H,5-9H2,1-2H3,(H,18,20,22). The predicted octanol–water partition coefficient (Wildman–Crippen LogP) is 2.68. The van der Waals surface area contributed by atoms with E-state index in [-0.39, 0.29) is 12.3 Å². The average Bonchev–Trinajstić information content (AvgIpc) is 3.05. The molecule has 3 heterocycles. The average molecular weight is 346 g/mol. The highest BCUT2D eigenvalue weighted by Crippen LogP contribution is 2.20. The number of hydrogen-bond donors (Lipinski definition) is 1. The van der Waals surface area contributed by atoms with Crippen LogP contribution in [0.2, 0.25) is 0 Å². The van der Waals surface area contributed by atoms with Gasteiger partial charge < -0.3 is 15.0 Å². The number of rotatable bonds is 5. The van der Waals surface area contributed by atoms with Crippen LogP contribution in [-0.2, 0) is 16.0 Å². The summed E-state index contributed by atoms with van der Waals surface area (Å²) < 4.78 is 5.35. The van der Waals surface area contributed by atoms with Gasteiger partial charge in [0, 0.05) is 24.4 Å². The molecule has 128 valence electrons. The van der Waals surface area contributed by atoms with Gasteiger partial charge in [-0.3, -0.25) is 4.79 Å². The second-order valence-corrected chi connectivity index (χ2v) is 6.95. The lowest BCUT2D eigenvalue weighted by atomic mass is 10.2. The molecule has 7 heteroatoms. The number of ether oxygens (including phenoxy) is 1. The van der Waals surface area contributed by atoms with E-state index in [0.29, 0.717) is 11.7 Å². The molecule has 1 N–H and O–H groups in total. The first-order valence-corrected chi connectivity index (χ1v) is 9.02. The Labute approximate surface area is 145 Å². The Morgan fingerprint density at radius 1 is 1.38 bits per heavy atom. The molecule has 0 atom stereocenters. The molecule has 0 spiro atoms. The van der Waals surface area contributed by atoms with Crippen molar-refractivity contribution >= 4 is 28.7 Å². The molecule has 1 aliphatic rings. The summed E-state index contributed by atoms with van der Waals surface area (Å²) in [5.74, 6) is 0.861. The second kappa shape index (κ2) is 7.72. The number of morpholine rings is 1. The molecule has 0 aromatic carbocycles. The van der Waals surface area contributed by atoms with E-state index in [4.69, 9.17) is 4.74 Å². The molecule has 1 saturated heterocycles. The number of pyridine rings is 1. The number of aromatic nitrogens is 2. The number of carbonyl (C=O) groups is 1. The van der Waals surface area contributed by atoms with E-state index in [9.17, 15) is 4.79 Å². The highest BCUT2D eigenvalue weighted by atomic mass is 32.1. The number of anilines is 2. The number of carbonyl (C=O) groups excluding carboxylic acids is 1. The maximum atomic E-state index is 12.1. The zero-order chi connectivity index (χ0) is 16.9. The second-order valence-electron chi connectivity index (χ2n) is 6.06. The molecule has 0 saturated carbocycles. The summed E-state index contributed by atoms with van der Waals surface area (Å²) in [6.45, 7) is 7.42. The number of nitrogens with zero attached hydrogens (tertiary/aromatic N) is 3.